The molecule has 4 heteroatoms. The molecule has 1 aliphatic rings. The molecule has 1 aromatic rings. The van der Waals surface area contributed by atoms with E-state index in [1.807, 2.05) is 18.2 Å². The van der Waals surface area contributed by atoms with Crippen molar-refractivity contribution in [3.8, 4) is 11.5 Å². The van der Waals surface area contributed by atoms with Crippen molar-refractivity contribution in [3.05, 3.63) is 21.8 Å². The maximum atomic E-state index is 5.80. The third kappa shape index (κ3) is 3.25. The van der Waals surface area contributed by atoms with Crippen molar-refractivity contribution in [1.29, 1.82) is 0 Å². The van der Waals surface area contributed by atoms with Crippen LogP contribution in [0.2, 0.25) is 0 Å². The zero-order valence-corrected chi connectivity index (χ0v) is 11.4. The molecule has 1 fully saturated rings. The average Bonchev–Trinajstić information content (AvgIpc) is 3.09. The van der Waals surface area contributed by atoms with Gasteiger partial charge in [0, 0.05) is 7.11 Å². The van der Waals surface area contributed by atoms with E-state index in [2.05, 4.69) is 22.6 Å². The summed E-state index contributed by atoms with van der Waals surface area (Å²) in [5.41, 5.74) is 0. The summed E-state index contributed by atoms with van der Waals surface area (Å²) >= 11 is 2.26. The van der Waals surface area contributed by atoms with Gasteiger partial charge in [-0.3, -0.25) is 0 Å². The van der Waals surface area contributed by atoms with Gasteiger partial charge < -0.3 is 14.2 Å². The van der Waals surface area contributed by atoms with E-state index in [4.69, 9.17) is 14.2 Å². The highest BCUT2D eigenvalue weighted by Crippen LogP contribution is 2.35. The number of hydrogen-bond acceptors (Lipinski definition) is 3. The van der Waals surface area contributed by atoms with Crippen LogP contribution < -0.4 is 9.47 Å². The van der Waals surface area contributed by atoms with E-state index in [-0.39, 0.29) is 6.79 Å². The molecule has 0 unspecified atom stereocenters. The zero-order valence-electron chi connectivity index (χ0n) is 9.24. The van der Waals surface area contributed by atoms with Gasteiger partial charge in [-0.2, -0.15) is 0 Å². The van der Waals surface area contributed by atoms with E-state index in [0.29, 0.717) is 0 Å². The predicted molar refractivity (Wildman–Crippen MR) is 69.9 cm³/mol. The summed E-state index contributed by atoms with van der Waals surface area (Å²) in [5, 5.41) is 0. The predicted octanol–water partition coefficient (Wildman–Crippen LogP) is 3.06. The third-order valence-electron chi connectivity index (χ3n) is 2.42. The van der Waals surface area contributed by atoms with Crippen LogP contribution in [0.3, 0.4) is 0 Å². The first-order valence-corrected chi connectivity index (χ1v) is 6.42. The summed E-state index contributed by atoms with van der Waals surface area (Å²) in [6, 6.07) is 5.88. The number of ether oxygens (including phenoxy) is 3. The van der Waals surface area contributed by atoms with Crippen molar-refractivity contribution in [2.75, 3.05) is 20.5 Å². The van der Waals surface area contributed by atoms with Gasteiger partial charge in [0.2, 0.25) is 0 Å². The van der Waals surface area contributed by atoms with E-state index < -0.39 is 0 Å². The Morgan fingerprint density at radius 1 is 1.31 bits per heavy atom. The zero-order chi connectivity index (χ0) is 11.4. The molecule has 0 radical (unpaired) electrons. The average molecular weight is 334 g/mol. The second-order valence-corrected chi connectivity index (χ2v) is 5.03. The van der Waals surface area contributed by atoms with Crippen LogP contribution in [0.4, 0.5) is 0 Å². The van der Waals surface area contributed by atoms with Crippen molar-refractivity contribution >= 4 is 22.6 Å². The van der Waals surface area contributed by atoms with Gasteiger partial charge in [0.1, 0.15) is 0 Å². The normalized spacial score (nSPS) is 14.9. The minimum absolute atomic E-state index is 0.250. The maximum absolute atomic E-state index is 5.80. The molecule has 0 heterocycles. The smallest absolute Gasteiger partial charge is 0.188 e. The molecular formula is C12H15IO3. The molecule has 0 spiro atoms. The van der Waals surface area contributed by atoms with Crippen LogP contribution in [0.1, 0.15) is 12.8 Å². The minimum Gasteiger partial charge on any atom is -0.488 e. The highest BCUT2D eigenvalue weighted by Gasteiger charge is 2.23. The van der Waals surface area contributed by atoms with E-state index in [1.165, 1.54) is 12.8 Å². The third-order valence-corrected chi connectivity index (χ3v) is 3.27. The standard InChI is InChI=1S/C12H15IO3/c1-14-8-16-11-4-2-3-10(13)12(11)15-7-9-5-6-9/h2-4,9H,5-8H2,1H3. The van der Waals surface area contributed by atoms with Crippen LogP contribution in [0.25, 0.3) is 0 Å². The number of benzene rings is 1. The van der Waals surface area contributed by atoms with Crippen LogP contribution in [0.15, 0.2) is 18.2 Å². The van der Waals surface area contributed by atoms with Crippen LogP contribution in [-0.4, -0.2) is 20.5 Å². The largest absolute Gasteiger partial charge is 0.488 e. The summed E-state index contributed by atoms with van der Waals surface area (Å²) in [6.45, 7) is 1.04. The van der Waals surface area contributed by atoms with E-state index >= 15 is 0 Å². The Balaban J connectivity index is 2.04. The van der Waals surface area contributed by atoms with Gasteiger partial charge in [0.05, 0.1) is 10.2 Å². The topological polar surface area (TPSA) is 27.7 Å². The molecule has 0 saturated heterocycles. The lowest BCUT2D eigenvalue weighted by Gasteiger charge is -2.13. The van der Waals surface area contributed by atoms with E-state index in [0.717, 1.165) is 27.6 Å². The fourth-order valence-corrected chi connectivity index (χ4v) is 1.98. The van der Waals surface area contributed by atoms with Gasteiger partial charge in [-0.25, -0.2) is 0 Å². The van der Waals surface area contributed by atoms with Gasteiger partial charge in [-0.1, -0.05) is 6.07 Å². The van der Waals surface area contributed by atoms with Gasteiger partial charge in [-0.05, 0) is 53.5 Å². The Labute approximate surface area is 109 Å². The first-order valence-electron chi connectivity index (χ1n) is 5.34. The van der Waals surface area contributed by atoms with Crippen LogP contribution in [0, 0.1) is 9.49 Å². The first kappa shape index (κ1) is 12.0. The Kier molecular flexibility index (Phi) is 4.29. The molecule has 16 heavy (non-hydrogen) atoms. The Hall–Kier alpha value is -0.490. The second kappa shape index (κ2) is 5.72. The molecule has 1 aromatic carbocycles. The molecule has 3 nitrogen and oxygen atoms in total. The molecular weight excluding hydrogens is 319 g/mol. The highest BCUT2D eigenvalue weighted by molar-refractivity contribution is 14.1. The second-order valence-electron chi connectivity index (χ2n) is 3.87. The molecule has 0 atom stereocenters. The quantitative estimate of drug-likeness (QED) is 0.591. The van der Waals surface area contributed by atoms with Gasteiger partial charge >= 0.3 is 0 Å². The van der Waals surface area contributed by atoms with Gasteiger partial charge in [-0.15, -0.1) is 0 Å². The molecule has 0 aromatic heterocycles. The van der Waals surface area contributed by atoms with Crippen molar-refractivity contribution < 1.29 is 14.2 Å². The van der Waals surface area contributed by atoms with Crippen molar-refractivity contribution in [3.63, 3.8) is 0 Å². The molecule has 88 valence electrons. The number of para-hydroxylation sites is 1. The fraction of sp³-hybridized carbons (Fsp3) is 0.500. The Bertz CT molecular complexity index is 350. The monoisotopic (exact) mass is 334 g/mol. The van der Waals surface area contributed by atoms with Crippen LogP contribution in [-0.2, 0) is 4.74 Å². The number of halogens is 1. The summed E-state index contributed by atoms with van der Waals surface area (Å²) in [7, 11) is 1.61. The van der Waals surface area contributed by atoms with Crippen molar-refractivity contribution in [2.24, 2.45) is 5.92 Å². The molecule has 0 aliphatic heterocycles. The maximum Gasteiger partial charge on any atom is 0.188 e. The molecule has 0 N–H and O–H groups in total. The molecule has 1 aliphatic carbocycles. The summed E-state index contributed by atoms with van der Waals surface area (Å²) in [4.78, 5) is 0. The van der Waals surface area contributed by atoms with Gasteiger partial charge in [0.25, 0.3) is 0 Å². The lowest BCUT2D eigenvalue weighted by atomic mass is 10.3. The van der Waals surface area contributed by atoms with Crippen molar-refractivity contribution in [2.45, 2.75) is 12.8 Å². The number of rotatable bonds is 6. The summed E-state index contributed by atoms with van der Waals surface area (Å²) in [6.07, 6.45) is 2.58. The number of hydrogen-bond donors (Lipinski definition) is 0. The molecule has 0 amide bonds. The summed E-state index contributed by atoms with van der Waals surface area (Å²) < 4.78 is 17.2. The Morgan fingerprint density at radius 3 is 2.81 bits per heavy atom. The Morgan fingerprint density at radius 2 is 2.12 bits per heavy atom. The van der Waals surface area contributed by atoms with Crippen LogP contribution in [0.5, 0.6) is 11.5 Å². The lowest BCUT2D eigenvalue weighted by Crippen LogP contribution is -2.05. The van der Waals surface area contributed by atoms with Crippen LogP contribution >= 0.6 is 22.6 Å². The highest BCUT2D eigenvalue weighted by atomic mass is 127. The fourth-order valence-electron chi connectivity index (χ4n) is 1.35. The summed E-state index contributed by atoms with van der Waals surface area (Å²) in [5.74, 6) is 2.34. The molecule has 0 bridgehead atoms. The van der Waals surface area contributed by atoms with E-state index in [1.54, 1.807) is 7.11 Å². The molecule has 1 saturated carbocycles. The van der Waals surface area contributed by atoms with Crippen molar-refractivity contribution in [1.82, 2.24) is 0 Å². The van der Waals surface area contributed by atoms with Gasteiger partial charge in [0.15, 0.2) is 18.3 Å². The molecule has 2 rings (SSSR count). The minimum atomic E-state index is 0.250. The first-order chi connectivity index (χ1) is 7.81. The SMILES string of the molecule is COCOc1cccc(I)c1OCC1CC1. The lowest BCUT2D eigenvalue weighted by molar-refractivity contribution is 0.0484. The number of methoxy groups -OCH3 is 1. The van der Waals surface area contributed by atoms with E-state index in [9.17, 15) is 0 Å².